The van der Waals surface area contributed by atoms with Gasteiger partial charge in [-0.15, -0.1) is 0 Å². The molecule has 0 bridgehead atoms. The fourth-order valence-electron chi connectivity index (χ4n) is 1.26. The van der Waals surface area contributed by atoms with Gasteiger partial charge in [0.2, 0.25) is 0 Å². The van der Waals surface area contributed by atoms with Crippen LogP contribution in [0.2, 0.25) is 0 Å². The number of phenolic OH excluding ortho intramolecular Hbond substituents is 1. The van der Waals surface area contributed by atoms with Gasteiger partial charge in [0.25, 0.3) is 0 Å². The summed E-state index contributed by atoms with van der Waals surface area (Å²) in [5.41, 5.74) is 3.48. The molecule has 0 saturated carbocycles. The molecule has 1 rings (SSSR count). The van der Waals surface area contributed by atoms with Crippen LogP contribution in [0.25, 0.3) is 0 Å². The Bertz CT molecular complexity index is 324. The Labute approximate surface area is 79.7 Å². The first-order valence-corrected chi connectivity index (χ1v) is 4.53. The quantitative estimate of drug-likeness (QED) is 0.686. The van der Waals surface area contributed by atoms with E-state index in [9.17, 15) is 5.11 Å². The van der Waals surface area contributed by atoms with Crippen molar-refractivity contribution in [3.63, 3.8) is 0 Å². The van der Waals surface area contributed by atoms with Gasteiger partial charge in [-0.25, -0.2) is 0 Å². The van der Waals surface area contributed by atoms with Crippen LogP contribution in [0.15, 0.2) is 29.8 Å². The molecule has 1 aromatic rings. The first-order chi connectivity index (χ1) is 6.13. The molecule has 13 heavy (non-hydrogen) atoms. The summed E-state index contributed by atoms with van der Waals surface area (Å²) in [6.07, 6.45) is 2.91. The second-order valence-electron chi connectivity index (χ2n) is 3.44. The molecule has 1 N–H and O–H groups in total. The van der Waals surface area contributed by atoms with Gasteiger partial charge in [0.05, 0.1) is 0 Å². The molecule has 0 aliphatic heterocycles. The van der Waals surface area contributed by atoms with E-state index < -0.39 is 0 Å². The molecule has 0 aliphatic carbocycles. The third-order valence-electron chi connectivity index (χ3n) is 2.20. The Hall–Kier alpha value is -1.24. The number of allylic oxidation sites excluding steroid dienone is 2. The van der Waals surface area contributed by atoms with Crippen molar-refractivity contribution in [1.82, 2.24) is 0 Å². The van der Waals surface area contributed by atoms with Crippen molar-refractivity contribution in [1.29, 1.82) is 0 Å². The van der Waals surface area contributed by atoms with Crippen LogP contribution in [0.3, 0.4) is 0 Å². The summed E-state index contributed by atoms with van der Waals surface area (Å²) in [7, 11) is 0. The second-order valence-corrected chi connectivity index (χ2v) is 3.44. The third kappa shape index (κ3) is 2.62. The lowest BCUT2D eigenvalue weighted by atomic mass is 10.0. The predicted octanol–water partition coefficient (Wildman–Crippen LogP) is 3.21. The van der Waals surface area contributed by atoms with Gasteiger partial charge in [-0.3, -0.25) is 0 Å². The van der Waals surface area contributed by atoms with Crippen molar-refractivity contribution in [3.05, 3.63) is 41.0 Å². The van der Waals surface area contributed by atoms with Gasteiger partial charge in [0, 0.05) is 0 Å². The lowest BCUT2D eigenvalue weighted by Gasteiger charge is -2.05. The monoisotopic (exact) mass is 176 g/mol. The number of hydrogen-bond donors (Lipinski definition) is 1. The zero-order chi connectivity index (χ0) is 9.84. The van der Waals surface area contributed by atoms with Gasteiger partial charge in [0.15, 0.2) is 0 Å². The lowest BCUT2D eigenvalue weighted by molar-refractivity contribution is 0.469. The molecule has 0 unspecified atom stereocenters. The van der Waals surface area contributed by atoms with Crippen LogP contribution >= 0.6 is 0 Å². The maximum absolute atomic E-state index is 9.55. The Kier molecular flexibility index (Phi) is 3.13. The van der Waals surface area contributed by atoms with Gasteiger partial charge in [-0.1, -0.05) is 29.3 Å². The van der Waals surface area contributed by atoms with Crippen molar-refractivity contribution in [2.45, 2.75) is 27.2 Å². The molecule has 70 valence electrons. The molecule has 0 fully saturated rings. The number of rotatable bonds is 2. The highest BCUT2D eigenvalue weighted by molar-refractivity contribution is 5.37. The summed E-state index contributed by atoms with van der Waals surface area (Å²) < 4.78 is 0. The number of phenols is 1. The van der Waals surface area contributed by atoms with Crippen LogP contribution in [0.5, 0.6) is 5.75 Å². The molecule has 1 nitrogen and oxygen atoms in total. The summed E-state index contributed by atoms with van der Waals surface area (Å²) in [4.78, 5) is 0. The molecule has 0 aromatic heterocycles. The highest BCUT2D eigenvalue weighted by Crippen LogP contribution is 2.20. The van der Waals surface area contributed by atoms with Crippen molar-refractivity contribution >= 4 is 0 Å². The molecule has 0 spiro atoms. The smallest absolute Gasteiger partial charge is 0.119 e. The highest BCUT2D eigenvalue weighted by atomic mass is 16.3. The van der Waals surface area contributed by atoms with Crippen molar-refractivity contribution < 1.29 is 5.11 Å². The zero-order valence-electron chi connectivity index (χ0n) is 8.46. The maximum atomic E-state index is 9.55. The van der Waals surface area contributed by atoms with Crippen LogP contribution in [-0.4, -0.2) is 5.11 Å². The van der Waals surface area contributed by atoms with Crippen molar-refractivity contribution in [2.75, 3.05) is 0 Å². The van der Waals surface area contributed by atoms with E-state index >= 15 is 0 Å². The Morgan fingerprint density at radius 1 is 1.46 bits per heavy atom. The molecule has 0 amide bonds. The summed E-state index contributed by atoms with van der Waals surface area (Å²) in [5, 5.41) is 9.55. The van der Waals surface area contributed by atoms with Crippen LogP contribution in [0, 0.1) is 6.92 Å². The molecule has 0 aliphatic rings. The summed E-state index contributed by atoms with van der Waals surface area (Å²) in [6.45, 7) is 6.12. The van der Waals surface area contributed by atoms with E-state index in [2.05, 4.69) is 13.0 Å². The SMILES string of the molecule is C/C=C(\C)Cc1cc(C)ccc1O. The van der Waals surface area contributed by atoms with E-state index in [1.165, 1.54) is 11.1 Å². The van der Waals surface area contributed by atoms with Crippen LogP contribution in [0.1, 0.15) is 25.0 Å². The average Bonchev–Trinajstić information content (AvgIpc) is 2.11. The van der Waals surface area contributed by atoms with Gasteiger partial charge in [0.1, 0.15) is 5.75 Å². The number of aryl methyl sites for hydroxylation is 1. The van der Waals surface area contributed by atoms with Crippen LogP contribution < -0.4 is 0 Å². The lowest BCUT2D eigenvalue weighted by Crippen LogP contribution is -1.88. The molecule has 0 heterocycles. The number of benzene rings is 1. The fraction of sp³-hybridized carbons (Fsp3) is 0.333. The minimum atomic E-state index is 0.395. The number of hydrogen-bond acceptors (Lipinski definition) is 1. The van der Waals surface area contributed by atoms with Crippen molar-refractivity contribution in [3.8, 4) is 5.75 Å². The van der Waals surface area contributed by atoms with Crippen LogP contribution in [0.4, 0.5) is 0 Å². The molecule has 1 aromatic carbocycles. The van der Waals surface area contributed by atoms with E-state index in [-0.39, 0.29) is 0 Å². The van der Waals surface area contributed by atoms with E-state index in [0.717, 1.165) is 12.0 Å². The van der Waals surface area contributed by atoms with E-state index in [1.54, 1.807) is 6.07 Å². The predicted molar refractivity (Wildman–Crippen MR) is 56.0 cm³/mol. The standard InChI is InChI=1S/C12H16O/c1-4-9(2)7-11-8-10(3)5-6-12(11)13/h4-6,8,13H,7H2,1-3H3/b9-4+. The minimum absolute atomic E-state index is 0.395. The first kappa shape index (κ1) is 9.85. The Morgan fingerprint density at radius 2 is 2.15 bits per heavy atom. The fourth-order valence-corrected chi connectivity index (χ4v) is 1.26. The molecule has 0 atom stereocenters. The molecular weight excluding hydrogens is 160 g/mol. The minimum Gasteiger partial charge on any atom is -0.508 e. The van der Waals surface area contributed by atoms with Gasteiger partial charge < -0.3 is 5.11 Å². The van der Waals surface area contributed by atoms with E-state index in [1.807, 2.05) is 26.0 Å². The van der Waals surface area contributed by atoms with Gasteiger partial charge >= 0.3 is 0 Å². The molecule has 0 radical (unpaired) electrons. The van der Waals surface area contributed by atoms with E-state index in [0.29, 0.717) is 5.75 Å². The summed E-state index contributed by atoms with van der Waals surface area (Å²) >= 11 is 0. The summed E-state index contributed by atoms with van der Waals surface area (Å²) in [5.74, 6) is 0.395. The average molecular weight is 176 g/mol. The van der Waals surface area contributed by atoms with Crippen molar-refractivity contribution in [2.24, 2.45) is 0 Å². The topological polar surface area (TPSA) is 20.2 Å². The summed E-state index contributed by atoms with van der Waals surface area (Å²) in [6, 6.07) is 5.71. The first-order valence-electron chi connectivity index (χ1n) is 4.53. The van der Waals surface area contributed by atoms with E-state index in [4.69, 9.17) is 0 Å². The highest BCUT2D eigenvalue weighted by Gasteiger charge is 2.01. The third-order valence-corrected chi connectivity index (χ3v) is 2.20. The molecule has 0 saturated heterocycles. The maximum Gasteiger partial charge on any atom is 0.119 e. The van der Waals surface area contributed by atoms with Gasteiger partial charge in [-0.2, -0.15) is 0 Å². The Morgan fingerprint density at radius 3 is 2.77 bits per heavy atom. The van der Waals surface area contributed by atoms with Gasteiger partial charge in [-0.05, 0) is 38.8 Å². The second kappa shape index (κ2) is 4.13. The number of aromatic hydroxyl groups is 1. The Balaban J connectivity index is 2.94. The molecular formula is C12H16O. The largest absolute Gasteiger partial charge is 0.508 e. The zero-order valence-corrected chi connectivity index (χ0v) is 8.46. The van der Waals surface area contributed by atoms with Crippen LogP contribution in [-0.2, 0) is 6.42 Å². The normalized spacial score (nSPS) is 11.8. The molecule has 1 heteroatoms.